The molecule has 0 aliphatic carbocycles. The average Bonchev–Trinajstić information content (AvgIpc) is 0.849. The summed E-state index contributed by atoms with van der Waals surface area (Å²) in [5.41, 5.74) is -5.75. The number of Topliss-reactive ketones (excluding diaryl/α,β-unsaturated/α-hetero) is 3. The molecule has 1 saturated heterocycles. The van der Waals surface area contributed by atoms with Gasteiger partial charge in [0.2, 0.25) is 17.7 Å². The number of ether oxygens (including phenoxy) is 8. The molecule has 3 rings (SSSR count). The molecule has 2 unspecified atom stereocenters. The van der Waals surface area contributed by atoms with Crippen LogP contribution in [-0.2, 0) is 118 Å². The number of urea groups is 1. The summed E-state index contributed by atoms with van der Waals surface area (Å²) in [6.45, 7) is 44.6. The van der Waals surface area contributed by atoms with Crippen LogP contribution < -0.4 is 36.6 Å². The summed E-state index contributed by atoms with van der Waals surface area (Å²) >= 11 is 0. The number of carbonyl (C=O) groups excluding carboxylic acids is 15. The number of aliphatic carboxylic acids is 1. The molecule has 2 aromatic rings. The molecular formula is C98H158N10O25. The summed E-state index contributed by atoms with van der Waals surface area (Å²) < 4.78 is 45.9. The van der Waals surface area contributed by atoms with Crippen LogP contribution in [0.5, 0.6) is 5.75 Å². The summed E-state index contributed by atoms with van der Waals surface area (Å²) in [5, 5.41) is 26.6. The number of hydrogen-bond acceptors (Lipinski definition) is 28. The van der Waals surface area contributed by atoms with Crippen molar-refractivity contribution in [2.75, 3.05) is 78.6 Å². The summed E-state index contributed by atoms with van der Waals surface area (Å²) in [7, 11) is 0. The van der Waals surface area contributed by atoms with Gasteiger partial charge < -0.3 is 74.9 Å². The number of amides is 6. The molecule has 35 heteroatoms. The van der Waals surface area contributed by atoms with Crippen LogP contribution in [0.4, 0.5) is 4.79 Å². The topological polar surface area (TPSA) is 452 Å². The van der Waals surface area contributed by atoms with Crippen molar-refractivity contribution in [1.82, 2.24) is 51.5 Å². The molecule has 2 aromatic carbocycles. The minimum absolute atomic E-state index is 0.0108. The molecule has 0 spiro atoms. The highest BCUT2D eigenvalue weighted by Gasteiger charge is 2.39. The normalized spacial score (nSPS) is 15.8. The molecule has 6 amide bonds. The molecule has 133 heavy (non-hydrogen) atoms. The van der Waals surface area contributed by atoms with Gasteiger partial charge >= 0.3 is 53.8 Å². The molecule has 0 aromatic heterocycles. The average molecular weight is 1880 g/mol. The highest BCUT2D eigenvalue weighted by Crippen LogP contribution is 2.28. The Labute approximate surface area is 787 Å². The smallest absolute Gasteiger partial charge is 0.329 e. The number of unbranched alkanes of at least 4 members (excludes halogenated alkanes) is 1. The highest BCUT2D eigenvalue weighted by atomic mass is 16.6. The zero-order chi connectivity index (χ0) is 101. The fourth-order valence-corrected chi connectivity index (χ4v) is 14.4. The van der Waals surface area contributed by atoms with Gasteiger partial charge in [0.05, 0.1) is 31.1 Å². The van der Waals surface area contributed by atoms with Crippen LogP contribution in [0.15, 0.2) is 54.6 Å². The maximum Gasteiger partial charge on any atom is 0.329 e. The summed E-state index contributed by atoms with van der Waals surface area (Å²) in [6, 6.07) is 7.04. The standard InChI is InChI=1S/C98H158N10O25/c1-64(109)61-105-50-54-107(74(65(2)110)43-45-80(114)115)55-52-106(62-84(119)130-95(15,16)17)53-57-108(56-51-105)75(89(124)133-98(24,25)26)42-44-78(112)100-71(40-47-82(117)128-93(9,10)11)86(121)102-70(39-46-81(116)127-92(6,7)8)76(111)60-68(87(122)131-96(18,19)20)58-67-35-37-69(38-36-67)126-63-79(113)101-73(59-66-32-28-27-29-33-66)85(120)99-49-31-30-34-77(91(3,4)5)104-90(125)103-72(88(123)132-97(21,22)23)41-48-83(118)129-94(12,13)14/h27-29,32-33,35-38,68,70-75,77H,30-31,34,39-63H2,1-26H3,(H,99,120)(H,100,112)(H,101,113)(H,102,121)(H,114,115)(H2,103,104,125)/t68-,70+,71+,72+,73+,74?,75?,77+/m1/s1. The number of benzene rings is 2. The van der Waals surface area contributed by atoms with Crippen LogP contribution in [-0.4, -0.2) is 280 Å². The predicted octanol–water partition coefficient (Wildman–Crippen LogP) is 9.76. The van der Waals surface area contributed by atoms with Gasteiger partial charge in [-0.3, -0.25) is 86.7 Å². The molecule has 0 bridgehead atoms. The van der Waals surface area contributed by atoms with E-state index < -0.39 is 208 Å². The van der Waals surface area contributed by atoms with Crippen LogP contribution in [0.3, 0.4) is 0 Å². The van der Waals surface area contributed by atoms with E-state index in [4.69, 9.17) is 37.9 Å². The quantitative estimate of drug-likeness (QED) is 0.0184. The zero-order valence-corrected chi connectivity index (χ0v) is 84.1. The first-order valence-corrected chi connectivity index (χ1v) is 46.4. The number of carboxylic acid groups (broad SMARTS) is 1. The fraction of sp³-hybridized carbons (Fsp3) is 0.714. The van der Waals surface area contributed by atoms with Gasteiger partial charge in [0.25, 0.3) is 5.91 Å². The van der Waals surface area contributed by atoms with Crippen LogP contribution in [0, 0.1) is 11.3 Å². The lowest BCUT2D eigenvalue weighted by atomic mass is 9.84. The third-order valence-electron chi connectivity index (χ3n) is 20.3. The van der Waals surface area contributed by atoms with Crippen molar-refractivity contribution in [3.05, 3.63) is 65.7 Å². The van der Waals surface area contributed by atoms with Gasteiger partial charge in [0.1, 0.15) is 80.7 Å². The zero-order valence-electron chi connectivity index (χ0n) is 84.1. The van der Waals surface area contributed by atoms with E-state index in [9.17, 15) is 72.2 Å². The van der Waals surface area contributed by atoms with E-state index in [2.05, 4.69) is 31.9 Å². The lowest BCUT2D eigenvalue weighted by molar-refractivity contribution is -0.163. The van der Waals surface area contributed by atoms with E-state index in [1.54, 1.807) is 179 Å². The molecule has 1 aliphatic rings. The van der Waals surface area contributed by atoms with Gasteiger partial charge in [-0.2, -0.15) is 0 Å². The fourth-order valence-electron chi connectivity index (χ4n) is 14.4. The number of hydrogen-bond donors (Lipinski definition) is 7. The highest BCUT2D eigenvalue weighted by molar-refractivity contribution is 5.95. The third kappa shape index (κ3) is 52.5. The van der Waals surface area contributed by atoms with E-state index in [1.807, 2.05) is 60.9 Å². The maximum absolute atomic E-state index is 15.2. The molecule has 750 valence electrons. The van der Waals surface area contributed by atoms with E-state index in [0.29, 0.717) is 24.8 Å². The molecule has 8 atom stereocenters. The first-order valence-electron chi connectivity index (χ1n) is 46.4. The summed E-state index contributed by atoms with van der Waals surface area (Å²) in [4.78, 5) is 228. The Morgan fingerprint density at radius 2 is 0.820 bits per heavy atom. The Morgan fingerprint density at radius 3 is 1.29 bits per heavy atom. The van der Waals surface area contributed by atoms with E-state index in [-0.39, 0.29) is 147 Å². The molecule has 1 aliphatic heterocycles. The number of ketones is 3. The van der Waals surface area contributed by atoms with Crippen molar-refractivity contribution in [3.8, 4) is 5.75 Å². The second kappa shape index (κ2) is 53.9. The Hall–Kier alpha value is -10.0. The summed E-state index contributed by atoms with van der Waals surface area (Å²) in [5.74, 6) is -10.9. The Kier molecular flexibility index (Phi) is 47.5. The monoisotopic (exact) mass is 1880 g/mol. The molecule has 35 nitrogen and oxygen atoms in total. The molecule has 1 fully saturated rings. The van der Waals surface area contributed by atoms with Gasteiger partial charge in [0.15, 0.2) is 12.4 Å². The Bertz CT molecular complexity index is 4160. The minimum atomic E-state index is -1.59. The van der Waals surface area contributed by atoms with Crippen LogP contribution >= 0.6 is 0 Å². The number of esters is 7. The first kappa shape index (κ1) is 117. The van der Waals surface area contributed by atoms with Gasteiger partial charge in [-0.25, -0.2) is 9.59 Å². The van der Waals surface area contributed by atoms with Crippen LogP contribution in [0.1, 0.15) is 281 Å². The van der Waals surface area contributed by atoms with Gasteiger partial charge in [0, 0.05) is 110 Å². The lowest BCUT2D eigenvalue weighted by Gasteiger charge is -2.38. The maximum atomic E-state index is 15.2. The second-order valence-corrected chi connectivity index (χ2v) is 42.4. The van der Waals surface area contributed by atoms with E-state index >= 15 is 9.59 Å². The van der Waals surface area contributed by atoms with Crippen molar-refractivity contribution in [1.29, 1.82) is 0 Å². The molecule has 0 radical (unpaired) electrons. The number of nitrogens with one attached hydrogen (secondary N) is 6. The number of carboxylic acids is 1. The molecular weight excluding hydrogens is 1720 g/mol. The Morgan fingerprint density at radius 1 is 0.383 bits per heavy atom. The van der Waals surface area contributed by atoms with Gasteiger partial charge in [-0.1, -0.05) is 63.2 Å². The number of nitrogens with zero attached hydrogens (tertiary/aromatic N) is 4. The third-order valence-corrected chi connectivity index (χ3v) is 20.3. The van der Waals surface area contributed by atoms with Crippen molar-refractivity contribution in [3.63, 3.8) is 0 Å². The second-order valence-electron chi connectivity index (χ2n) is 42.4. The first-order chi connectivity index (χ1) is 61.2. The van der Waals surface area contributed by atoms with E-state index in [1.165, 1.54) is 13.8 Å². The number of rotatable bonds is 47. The van der Waals surface area contributed by atoms with Crippen molar-refractivity contribution >= 4 is 94.8 Å². The van der Waals surface area contributed by atoms with Crippen LogP contribution in [0.25, 0.3) is 0 Å². The molecule has 7 N–H and O–H groups in total. The minimum Gasteiger partial charge on any atom is -0.484 e. The largest absolute Gasteiger partial charge is 0.484 e. The molecule has 1 heterocycles. The van der Waals surface area contributed by atoms with Crippen molar-refractivity contribution in [2.45, 2.75) is 364 Å². The Balaban J connectivity index is 1.98. The van der Waals surface area contributed by atoms with Crippen LogP contribution in [0.2, 0.25) is 0 Å². The van der Waals surface area contributed by atoms with Gasteiger partial charge in [-0.15, -0.1) is 0 Å². The van der Waals surface area contributed by atoms with Gasteiger partial charge in [-0.05, 0) is 246 Å². The molecule has 0 saturated carbocycles. The lowest BCUT2D eigenvalue weighted by Crippen LogP contribution is -2.54. The van der Waals surface area contributed by atoms with Crippen molar-refractivity contribution in [2.24, 2.45) is 11.3 Å². The number of carbonyl (C=O) groups is 16. The predicted molar refractivity (Wildman–Crippen MR) is 500 cm³/mol. The SMILES string of the molecule is CC(=O)CN1CCN(C(CCC(=O)O)C(C)=O)CCN(CC(=O)OC(C)(C)C)CCN(C(CCC(=O)N[C@@H](CCC(=O)OC(C)(C)C)C(=O)N[C@@H](CCC(=O)OC(C)(C)C)C(=O)C[C@@H](Cc2ccc(OCC(=O)N[C@@H](Cc3ccccc3)C(=O)NCCCC[C@H](NC(=O)N[C@@H](CCC(=O)OC(C)(C)C)C(=O)OC(C)(C)C)C(C)(C)C)cc2)C(=O)OC(C)(C)C)C(=O)OC(C)(C)C)CC1. The summed E-state index contributed by atoms with van der Waals surface area (Å²) in [6.07, 6.45) is -1.84. The van der Waals surface area contributed by atoms with E-state index in [0.717, 1.165) is 5.56 Å². The van der Waals surface area contributed by atoms with Crippen molar-refractivity contribution < 1.29 is 120 Å².